The molecule has 2 aromatic carbocycles. The van der Waals surface area contributed by atoms with Gasteiger partial charge in [-0.05, 0) is 75.4 Å². The van der Waals surface area contributed by atoms with E-state index in [2.05, 4.69) is 31.1 Å². The van der Waals surface area contributed by atoms with Crippen molar-refractivity contribution < 1.29 is 9.47 Å². The van der Waals surface area contributed by atoms with Gasteiger partial charge in [0.1, 0.15) is 17.2 Å². The SMILES string of the molecule is COc1ccc(Oc2ccc(CCCN(C)C)cc2)cc1. The minimum atomic E-state index is 0.816. The van der Waals surface area contributed by atoms with Crippen molar-refractivity contribution in [1.29, 1.82) is 0 Å². The zero-order valence-electron chi connectivity index (χ0n) is 13.0. The number of hydrogen-bond donors (Lipinski definition) is 0. The molecule has 0 radical (unpaired) electrons. The Balaban J connectivity index is 1.89. The first-order valence-corrected chi connectivity index (χ1v) is 7.23. The van der Waals surface area contributed by atoms with E-state index in [1.165, 1.54) is 12.0 Å². The first-order valence-electron chi connectivity index (χ1n) is 7.23. The van der Waals surface area contributed by atoms with Crippen molar-refractivity contribution in [2.24, 2.45) is 0 Å². The number of nitrogens with zero attached hydrogens (tertiary/aromatic N) is 1. The van der Waals surface area contributed by atoms with Crippen LogP contribution in [0, 0.1) is 0 Å². The Labute approximate surface area is 127 Å². The molecule has 0 heterocycles. The summed E-state index contributed by atoms with van der Waals surface area (Å²) >= 11 is 0. The third-order valence-corrected chi connectivity index (χ3v) is 3.29. The van der Waals surface area contributed by atoms with Gasteiger partial charge in [-0.25, -0.2) is 0 Å². The van der Waals surface area contributed by atoms with Crippen molar-refractivity contribution in [1.82, 2.24) is 4.90 Å². The molecular weight excluding hydrogens is 262 g/mol. The number of aryl methyl sites for hydroxylation is 1. The second kappa shape index (κ2) is 7.70. The van der Waals surface area contributed by atoms with Gasteiger partial charge in [-0.1, -0.05) is 12.1 Å². The lowest BCUT2D eigenvalue weighted by molar-refractivity contribution is 0.400. The van der Waals surface area contributed by atoms with Crippen LogP contribution in [0.25, 0.3) is 0 Å². The van der Waals surface area contributed by atoms with E-state index in [1.54, 1.807) is 7.11 Å². The third-order valence-electron chi connectivity index (χ3n) is 3.29. The van der Waals surface area contributed by atoms with Crippen LogP contribution in [0.3, 0.4) is 0 Å². The third kappa shape index (κ3) is 5.12. The fourth-order valence-corrected chi connectivity index (χ4v) is 2.10. The van der Waals surface area contributed by atoms with Gasteiger partial charge in [0.05, 0.1) is 7.11 Å². The molecule has 0 aliphatic heterocycles. The van der Waals surface area contributed by atoms with Crippen LogP contribution in [0.1, 0.15) is 12.0 Å². The quantitative estimate of drug-likeness (QED) is 0.768. The maximum absolute atomic E-state index is 5.81. The van der Waals surface area contributed by atoms with Crippen LogP contribution >= 0.6 is 0 Å². The zero-order chi connectivity index (χ0) is 15.1. The predicted molar refractivity (Wildman–Crippen MR) is 86.4 cm³/mol. The average Bonchev–Trinajstić information content (AvgIpc) is 2.49. The van der Waals surface area contributed by atoms with Crippen molar-refractivity contribution in [3.8, 4) is 17.2 Å². The van der Waals surface area contributed by atoms with Gasteiger partial charge >= 0.3 is 0 Å². The maximum Gasteiger partial charge on any atom is 0.127 e. The summed E-state index contributed by atoms with van der Waals surface area (Å²) in [4.78, 5) is 2.21. The predicted octanol–water partition coefficient (Wildman–Crippen LogP) is 3.98. The van der Waals surface area contributed by atoms with E-state index in [0.717, 1.165) is 30.2 Å². The van der Waals surface area contributed by atoms with Gasteiger partial charge in [0.2, 0.25) is 0 Å². The minimum Gasteiger partial charge on any atom is -0.497 e. The van der Waals surface area contributed by atoms with Gasteiger partial charge in [0.25, 0.3) is 0 Å². The Hall–Kier alpha value is -2.00. The van der Waals surface area contributed by atoms with Gasteiger partial charge in [0.15, 0.2) is 0 Å². The molecule has 0 saturated carbocycles. The molecule has 0 aliphatic carbocycles. The van der Waals surface area contributed by atoms with Crippen LogP contribution in [0.2, 0.25) is 0 Å². The molecule has 0 fully saturated rings. The molecule has 3 heteroatoms. The van der Waals surface area contributed by atoms with E-state index < -0.39 is 0 Å². The summed E-state index contributed by atoms with van der Waals surface area (Å²) in [5.41, 5.74) is 1.35. The number of ether oxygens (including phenoxy) is 2. The maximum atomic E-state index is 5.81. The topological polar surface area (TPSA) is 21.7 Å². The van der Waals surface area contributed by atoms with Crippen LogP contribution in [-0.4, -0.2) is 32.6 Å². The monoisotopic (exact) mass is 285 g/mol. The van der Waals surface area contributed by atoms with Crippen LogP contribution in [0.4, 0.5) is 0 Å². The van der Waals surface area contributed by atoms with Crippen LogP contribution < -0.4 is 9.47 Å². The number of hydrogen-bond acceptors (Lipinski definition) is 3. The molecular formula is C18H23NO2. The molecule has 0 aliphatic rings. The van der Waals surface area contributed by atoms with Gasteiger partial charge in [-0.15, -0.1) is 0 Å². The lowest BCUT2D eigenvalue weighted by Crippen LogP contribution is -2.13. The highest BCUT2D eigenvalue weighted by molar-refractivity contribution is 5.36. The molecule has 0 aromatic heterocycles. The Morgan fingerprint density at radius 3 is 1.86 bits per heavy atom. The Kier molecular flexibility index (Phi) is 5.64. The first kappa shape index (κ1) is 15.4. The Bertz CT molecular complexity index is 532. The van der Waals surface area contributed by atoms with Gasteiger partial charge < -0.3 is 14.4 Å². The van der Waals surface area contributed by atoms with Crippen molar-refractivity contribution in [2.45, 2.75) is 12.8 Å². The average molecular weight is 285 g/mol. The number of rotatable bonds is 7. The van der Waals surface area contributed by atoms with Crippen LogP contribution in [0.5, 0.6) is 17.2 Å². The second-order valence-electron chi connectivity index (χ2n) is 5.33. The lowest BCUT2D eigenvalue weighted by Gasteiger charge is -2.10. The smallest absolute Gasteiger partial charge is 0.127 e. The summed E-state index contributed by atoms with van der Waals surface area (Å²) in [6, 6.07) is 15.9. The minimum absolute atomic E-state index is 0.816. The summed E-state index contributed by atoms with van der Waals surface area (Å²) in [5.74, 6) is 2.51. The van der Waals surface area contributed by atoms with E-state index in [0.29, 0.717) is 0 Å². The van der Waals surface area contributed by atoms with Crippen molar-refractivity contribution in [3.05, 3.63) is 54.1 Å². The first-order chi connectivity index (χ1) is 10.2. The molecule has 0 bridgehead atoms. The molecule has 0 atom stereocenters. The number of benzene rings is 2. The van der Waals surface area contributed by atoms with Gasteiger partial charge in [-0.3, -0.25) is 0 Å². The summed E-state index contributed by atoms with van der Waals surface area (Å²) in [7, 11) is 5.86. The molecule has 2 rings (SSSR count). The molecule has 0 spiro atoms. The summed E-state index contributed by atoms with van der Waals surface area (Å²) in [6.07, 6.45) is 2.27. The highest BCUT2D eigenvalue weighted by Gasteiger charge is 2.00. The fourth-order valence-electron chi connectivity index (χ4n) is 2.10. The fraction of sp³-hybridized carbons (Fsp3) is 0.333. The standard InChI is InChI=1S/C18H23NO2/c1-19(2)14-4-5-15-6-8-17(9-7-15)21-18-12-10-16(20-3)11-13-18/h6-13H,4-5,14H2,1-3H3. The van der Waals surface area contributed by atoms with E-state index >= 15 is 0 Å². The largest absolute Gasteiger partial charge is 0.497 e. The van der Waals surface area contributed by atoms with E-state index in [1.807, 2.05) is 36.4 Å². The number of methoxy groups -OCH3 is 1. The van der Waals surface area contributed by atoms with Crippen LogP contribution in [-0.2, 0) is 6.42 Å². The van der Waals surface area contributed by atoms with E-state index in [4.69, 9.17) is 9.47 Å². The van der Waals surface area contributed by atoms with E-state index in [-0.39, 0.29) is 0 Å². The normalized spacial score (nSPS) is 10.7. The van der Waals surface area contributed by atoms with Crippen molar-refractivity contribution >= 4 is 0 Å². The van der Waals surface area contributed by atoms with Gasteiger partial charge in [0, 0.05) is 0 Å². The lowest BCUT2D eigenvalue weighted by atomic mass is 10.1. The molecule has 0 saturated heterocycles. The molecule has 21 heavy (non-hydrogen) atoms. The Morgan fingerprint density at radius 1 is 0.810 bits per heavy atom. The summed E-state index contributed by atoms with van der Waals surface area (Å²) in [5, 5.41) is 0. The molecule has 2 aromatic rings. The molecule has 0 amide bonds. The molecule has 3 nitrogen and oxygen atoms in total. The van der Waals surface area contributed by atoms with Crippen LogP contribution in [0.15, 0.2) is 48.5 Å². The zero-order valence-corrected chi connectivity index (χ0v) is 13.0. The molecule has 0 N–H and O–H groups in total. The highest BCUT2D eigenvalue weighted by atomic mass is 16.5. The Morgan fingerprint density at radius 2 is 1.33 bits per heavy atom. The summed E-state index contributed by atoms with van der Waals surface area (Å²) < 4.78 is 10.9. The molecule has 0 unspecified atom stereocenters. The second-order valence-corrected chi connectivity index (χ2v) is 5.33. The van der Waals surface area contributed by atoms with E-state index in [9.17, 15) is 0 Å². The summed E-state index contributed by atoms with van der Waals surface area (Å²) in [6.45, 7) is 1.12. The highest BCUT2D eigenvalue weighted by Crippen LogP contribution is 2.24. The van der Waals surface area contributed by atoms with Crippen molar-refractivity contribution in [3.63, 3.8) is 0 Å². The van der Waals surface area contributed by atoms with Gasteiger partial charge in [-0.2, -0.15) is 0 Å². The van der Waals surface area contributed by atoms with Crippen molar-refractivity contribution in [2.75, 3.05) is 27.7 Å². The molecule has 112 valence electrons.